The van der Waals surface area contributed by atoms with E-state index in [0.717, 1.165) is 55.3 Å². The zero-order valence-electron chi connectivity index (χ0n) is 24.2. The summed E-state index contributed by atoms with van der Waals surface area (Å²) in [6.07, 6.45) is 9.78. The van der Waals surface area contributed by atoms with Crippen LogP contribution in [0, 0.1) is 12.3 Å². The van der Waals surface area contributed by atoms with Gasteiger partial charge in [0.1, 0.15) is 11.0 Å². The first-order valence-electron chi connectivity index (χ1n) is 13.7. The number of hydrogen-bond donors (Lipinski definition) is 3. The smallest absolute Gasteiger partial charge is 0.330 e. The number of fused-ring (bicyclic) bond motifs is 1. The molecule has 0 aromatic carbocycles. The van der Waals surface area contributed by atoms with E-state index in [0.29, 0.717) is 23.2 Å². The van der Waals surface area contributed by atoms with Crippen molar-refractivity contribution in [3.05, 3.63) is 40.0 Å². The molecule has 0 atom stereocenters. The van der Waals surface area contributed by atoms with Crippen molar-refractivity contribution >= 4 is 31.1 Å². The van der Waals surface area contributed by atoms with Crippen molar-refractivity contribution in [2.45, 2.75) is 96.5 Å². The fourth-order valence-corrected chi connectivity index (χ4v) is 6.46. The summed E-state index contributed by atoms with van der Waals surface area (Å²) in [6, 6.07) is 1.87. The molecule has 0 amide bonds. The number of aromatic nitrogens is 5. The topological polar surface area (TPSA) is 115 Å². The summed E-state index contributed by atoms with van der Waals surface area (Å²) in [4.78, 5) is 22.7. The summed E-state index contributed by atoms with van der Waals surface area (Å²) in [7, 11) is 1.75. The Morgan fingerprint density at radius 1 is 1.16 bits per heavy atom. The maximum atomic E-state index is 13.4. The number of nitrogens with zero attached hydrogens (tertiary/aromatic N) is 5. The van der Waals surface area contributed by atoms with Crippen LogP contribution in [0.25, 0.3) is 11.2 Å². The Morgan fingerprint density at radius 2 is 1.82 bits per heavy atom. The van der Waals surface area contributed by atoms with Gasteiger partial charge in [-0.25, -0.2) is 14.5 Å². The van der Waals surface area contributed by atoms with Gasteiger partial charge < -0.3 is 15.2 Å². The third-order valence-corrected chi connectivity index (χ3v) is 12.9. The summed E-state index contributed by atoms with van der Waals surface area (Å²) in [5.74, 6) is 0.425. The summed E-state index contributed by atoms with van der Waals surface area (Å²) in [5, 5.41) is 11.6. The fourth-order valence-electron chi connectivity index (χ4n) is 5.03. The van der Waals surface area contributed by atoms with Gasteiger partial charge in [-0.3, -0.25) is 14.5 Å². The van der Waals surface area contributed by atoms with Crippen LogP contribution < -0.4 is 21.9 Å². The molecule has 3 aromatic rings. The van der Waals surface area contributed by atoms with Crippen LogP contribution in [0.4, 0.5) is 11.6 Å². The van der Waals surface area contributed by atoms with Gasteiger partial charge in [-0.15, -0.1) is 0 Å². The molecule has 0 bridgehead atoms. The van der Waals surface area contributed by atoms with E-state index in [1.165, 1.54) is 0 Å². The molecule has 1 aliphatic rings. The van der Waals surface area contributed by atoms with Gasteiger partial charge in [0, 0.05) is 26.2 Å². The maximum Gasteiger partial charge on any atom is 0.330 e. The summed E-state index contributed by atoms with van der Waals surface area (Å²) in [5.41, 5.74) is 6.36. The van der Waals surface area contributed by atoms with Gasteiger partial charge >= 0.3 is 5.69 Å². The molecule has 1 fully saturated rings. The van der Waals surface area contributed by atoms with E-state index in [4.69, 9.17) is 14.8 Å². The van der Waals surface area contributed by atoms with Crippen LogP contribution in [0.2, 0.25) is 18.1 Å². The number of nitrogens with one attached hydrogen (secondary N) is 3. The number of anilines is 2. The number of aryl methyl sites for hydroxylation is 2. The second-order valence-corrected chi connectivity index (χ2v) is 16.9. The third-order valence-electron chi connectivity index (χ3n) is 8.38. The maximum absolute atomic E-state index is 13.4. The summed E-state index contributed by atoms with van der Waals surface area (Å²) in [6.45, 7) is 13.5. The van der Waals surface area contributed by atoms with E-state index < -0.39 is 8.32 Å². The van der Waals surface area contributed by atoms with Gasteiger partial charge in [-0.1, -0.05) is 20.8 Å². The molecule has 0 aliphatic heterocycles. The van der Waals surface area contributed by atoms with Gasteiger partial charge in [0.25, 0.3) is 0 Å². The standard InChI is InChI=1S/C27H44N8O2Si/c1-18-15-23(28)34(29-5)17-21(18)31-25-30-16-22-24(32-25)35(26(36)33(22)6)19-11-9-13-20(14-10-12-19)37-38(7,8)27(2,3)4/h15-17,19-20,28-29H,9-14H2,1-8H3,(H,30,31,32). The van der Waals surface area contributed by atoms with Crippen LogP contribution in [0.1, 0.15) is 70.9 Å². The molecule has 0 unspecified atom stereocenters. The Bertz CT molecular complexity index is 1410. The van der Waals surface area contributed by atoms with Crippen molar-refractivity contribution in [2.24, 2.45) is 7.05 Å². The molecule has 10 nitrogen and oxygen atoms in total. The monoisotopic (exact) mass is 540 g/mol. The van der Waals surface area contributed by atoms with Crippen molar-refractivity contribution in [2.75, 3.05) is 17.8 Å². The molecule has 38 heavy (non-hydrogen) atoms. The molecular weight excluding hydrogens is 496 g/mol. The van der Waals surface area contributed by atoms with Gasteiger partial charge in [-0.2, -0.15) is 4.98 Å². The highest BCUT2D eigenvalue weighted by Gasteiger charge is 2.39. The first kappa shape index (κ1) is 28.1. The molecule has 1 saturated carbocycles. The number of hydrogen-bond acceptors (Lipinski definition) is 7. The highest BCUT2D eigenvalue weighted by molar-refractivity contribution is 6.74. The molecule has 3 heterocycles. The SMILES string of the molecule is CNn1cc(Nc2ncc3c(n2)n(C2CCCC(O[Si](C)(C)C(C)(C)C)CCC2)c(=O)n3C)c(C)cc1=N. The lowest BCUT2D eigenvalue weighted by molar-refractivity contribution is 0.141. The molecule has 0 spiro atoms. The highest BCUT2D eigenvalue weighted by atomic mass is 28.4. The average molecular weight is 541 g/mol. The quantitative estimate of drug-likeness (QED) is 0.382. The van der Waals surface area contributed by atoms with E-state index >= 15 is 0 Å². The largest absolute Gasteiger partial charge is 0.414 e. The second kappa shape index (κ2) is 10.7. The molecule has 3 N–H and O–H groups in total. The lowest BCUT2D eigenvalue weighted by atomic mass is 9.95. The van der Waals surface area contributed by atoms with Crippen molar-refractivity contribution < 1.29 is 4.43 Å². The van der Waals surface area contributed by atoms with E-state index in [2.05, 4.69) is 49.6 Å². The van der Waals surface area contributed by atoms with Crippen LogP contribution in [0.5, 0.6) is 0 Å². The predicted octanol–water partition coefficient (Wildman–Crippen LogP) is 4.92. The first-order valence-corrected chi connectivity index (χ1v) is 16.6. The van der Waals surface area contributed by atoms with Crippen LogP contribution in [0.3, 0.4) is 0 Å². The van der Waals surface area contributed by atoms with Crippen LogP contribution >= 0.6 is 0 Å². The summed E-state index contributed by atoms with van der Waals surface area (Å²) >= 11 is 0. The van der Waals surface area contributed by atoms with E-state index in [9.17, 15) is 4.79 Å². The Morgan fingerprint density at radius 3 is 2.42 bits per heavy atom. The van der Waals surface area contributed by atoms with E-state index in [-0.39, 0.29) is 16.8 Å². The van der Waals surface area contributed by atoms with Gasteiger partial charge in [0.15, 0.2) is 14.0 Å². The molecule has 1 aliphatic carbocycles. The molecule has 0 radical (unpaired) electrons. The molecule has 11 heteroatoms. The van der Waals surface area contributed by atoms with E-state index in [1.54, 1.807) is 41.8 Å². The van der Waals surface area contributed by atoms with Gasteiger partial charge in [0.05, 0.1) is 18.1 Å². The normalized spacial score (nSPS) is 19.3. The predicted molar refractivity (Wildman–Crippen MR) is 155 cm³/mol. The lowest BCUT2D eigenvalue weighted by Gasteiger charge is -2.40. The van der Waals surface area contributed by atoms with Crippen LogP contribution in [0.15, 0.2) is 23.3 Å². The van der Waals surface area contributed by atoms with Gasteiger partial charge in [-0.05, 0) is 75.2 Å². The van der Waals surface area contributed by atoms with Crippen LogP contribution in [-0.4, -0.2) is 45.2 Å². The average Bonchev–Trinajstić information content (AvgIpc) is 3.06. The van der Waals surface area contributed by atoms with E-state index in [1.807, 2.05) is 11.5 Å². The van der Waals surface area contributed by atoms with Gasteiger partial charge in [0.2, 0.25) is 5.95 Å². The Labute approximate surface area is 226 Å². The number of pyridine rings is 1. The fraction of sp³-hybridized carbons (Fsp3) is 0.630. The summed E-state index contributed by atoms with van der Waals surface area (Å²) < 4.78 is 11.9. The van der Waals surface area contributed by atoms with Crippen molar-refractivity contribution in [3.63, 3.8) is 0 Å². The minimum Gasteiger partial charge on any atom is -0.414 e. The molecule has 0 saturated heterocycles. The van der Waals surface area contributed by atoms with Crippen molar-refractivity contribution in [1.82, 2.24) is 23.8 Å². The second-order valence-electron chi connectivity index (χ2n) is 12.1. The zero-order valence-corrected chi connectivity index (χ0v) is 25.2. The molecule has 4 rings (SSSR count). The molecule has 208 valence electrons. The highest BCUT2D eigenvalue weighted by Crippen LogP contribution is 2.39. The third kappa shape index (κ3) is 5.58. The Kier molecular flexibility index (Phi) is 7.90. The Hall–Kier alpha value is -2.92. The zero-order chi connectivity index (χ0) is 27.8. The molecular formula is C27H44N8O2Si. The molecule has 3 aromatic heterocycles. The first-order chi connectivity index (χ1) is 17.8. The minimum absolute atomic E-state index is 0.0474. The minimum atomic E-state index is -1.80. The van der Waals surface area contributed by atoms with Crippen molar-refractivity contribution in [3.8, 4) is 0 Å². The van der Waals surface area contributed by atoms with Crippen molar-refractivity contribution in [1.29, 1.82) is 5.41 Å². The Balaban J connectivity index is 1.58. The lowest BCUT2D eigenvalue weighted by Crippen LogP contribution is -2.44. The number of rotatable bonds is 6. The van der Waals surface area contributed by atoms with Crippen LogP contribution in [-0.2, 0) is 11.5 Å². The number of imidazole rings is 1.